The van der Waals surface area contributed by atoms with Crippen LogP contribution in [0, 0.1) is 0 Å². The number of nitrogens with one attached hydrogen (secondary N) is 2. The standard InChI is InChI=1S/C19H15F3N4O2/c1-11(27)25-14-8-12-5-6-16(26-17(12)15(9-14)19(20,21)22)18(28)24-10-13-4-2-3-7-23-13/h2-9H,10H2,1H3,(H,24,28)(H,25,27). The molecule has 2 aromatic heterocycles. The average molecular weight is 388 g/mol. The number of nitrogens with zero attached hydrogens (tertiary/aromatic N) is 2. The summed E-state index contributed by atoms with van der Waals surface area (Å²) in [5, 5.41) is 5.06. The summed E-state index contributed by atoms with van der Waals surface area (Å²) in [5.74, 6) is -1.11. The molecule has 0 atom stereocenters. The van der Waals surface area contributed by atoms with Crippen molar-refractivity contribution in [3.63, 3.8) is 0 Å². The Morgan fingerprint density at radius 3 is 2.54 bits per heavy atom. The van der Waals surface area contributed by atoms with E-state index < -0.39 is 23.6 Å². The number of carbonyl (C=O) groups is 2. The molecule has 28 heavy (non-hydrogen) atoms. The van der Waals surface area contributed by atoms with Crippen LogP contribution in [0.3, 0.4) is 0 Å². The van der Waals surface area contributed by atoms with Crippen molar-refractivity contribution in [2.45, 2.75) is 19.6 Å². The number of hydrogen-bond donors (Lipinski definition) is 2. The number of carbonyl (C=O) groups excluding carboxylic acids is 2. The van der Waals surface area contributed by atoms with E-state index in [1.807, 2.05) is 0 Å². The molecule has 2 amide bonds. The molecule has 3 aromatic rings. The minimum Gasteiger partial charge on any atom is -0.345 e. The highest BCUT2D eigenvalue weighted by atomic mass is 19.4. The van der Waals surface area contributed by atoms with Crippen LogP contribution in [-0.4, -0.2) is 21.8 Å². The van der Waals surface area contributed by atoms with Gasteiger partial charge in [0.25, 0.3) is 5.91 Å². The number of pyridine rings is 2. The van der Waals surface area contributed by atoms with Crippen molar-refractivity contribution in [3.05, 3.63) is 65.6 Å². The van der Waals surface area contributed by atoms with Gasteiger partial charge in [-0.25, -0.2) is 4.98 Å². The van der Waals surface area contributed by atoms with Crippen LogP contribution in [0.5, 0.6) is 0 Å². The molecule has 6 nitrogen and oxygen atoms in total. The van der Waals surface area contributed by atoms with E-state index in [0.717, 1.165) is 6.07 Å². The molecular weight excluding hydrogens is 373 g/mol. The zero-order valence-corrected chi connectivity index (χ0v) is 14.7. The van der Waals surface area contributed by atoms with Gasteiger partial charge in [0.1, 0.15) is 5.69 Å². The van der Waals surface area contributed by atoms with Gasteiger partial charge >= 0.3 is 6.18 Å². The third-order valence-corrected chi connectivity index (χ3v) is 3.81. The van der Waals surface area contributed by atoms with Gasteiger partial charge in [0.05, 0.1) is 23.3 Å². The van der Waals surface area contributed by atoms with Crippen LogP contribution in [0.1, 0.15) is 28.7 Å². The molecule has 0 saturated heterocycles. The van der Waals surface area contributed by atoms with Crippen molar-refractivity contribution in [1.82, 2.24) is 15.3 Å². The van der Waals surface area contributed by atoms with Crippen molar-refractivity contribution in [1.29, 1.82) is 0 Å². The minimum atomic E-state index is -4.71. The summed E-state index contributed by atoms with van der Waals surface area (Å²) >= 11 is 0. The summed E-state index contributed by atoms with van der Waals surface area (Å²) in [5.41, 5.74) is -0.949. The summed E-state index contributed by atoms with van der Waals surface area (Å²) in [7, 11) is 0. The third-order valence-electron chi connectivity index (χ3n) is 3.81. The van der Waals surface area contributed by atoms with Gasteiger partial charge in [-0.05, 0) is 30.3 Å². The van der Waals surface area contributed by atoms with Gasteiger partial charge in [0.15, 0.2) is 0 Å². The van der Waals surface area contributed by atoms with E-state index in [4.69, 9.17) is 0 Å². The maximum absolute atomic E-state index is 13.5. The molecular formula is C19H15F3N4O2. The summed E-state index contributed by atoms with van der Waals surface area (Å²) in [6.07, 6.45) is -3.14. The van der Waals surface area contributed by atoms with Crippen LogP contribution in [0.25, 0.3) is 10.9 Å². The Labute approximate surface area is 157 Å². The minimum absolute atomic E-state index is 0.00137. The number of aromatic nitrogens is 2. The predicted molar refractivity (Wildman–Crippen MR) is 96.5 cm³/mol. The molecule has 2 heterocycles. The van der Waals surface area contributed by atoms with Gasteiger partial charge in [0.2, 0.25) is 5.91 Å². The Balaban J connectivity index is 1.95. The highest BCUT2D eigenvalue weighted by Gasteiger charge is 2.34. The fourth-order valence-electron chi connectivity index (χ4n) is 2.62. The number of amides is 2. The highest BCUT2D eigenvalue weighted by Crippen LogP contribution is 2.36. The van der Waals surface area contributed by atoms with E-state index in [1.54, 1.807) is 24.4 Å². The normalized spacial score (nSPS) is 11.3. The molecule has 144 valence electrons. The summed E-state index contributed by atoms with van der Waals surface area (Å²) in [6, 6.07) is 10.0. The first-order valence-electron chi connectivity index (χ1n) is 8.22. The summed E-state index contributed by atoms with van der Waals surface area (Å²) in [6.45, 7) is 1.32. The van der Waals surface area contributed by atoms with Gasteiger partial charge in [-0.3, -0.25) is 14.6 Å². The van der Waals surface area contributed by atoms with Gasteiger partial charge in [-0.1, -0.05) is 12.1 Å². The summed E-state index contributed by atoms with van der Waals surface area (Å²) in [4.78, 5) is 31.4. The van der Waals surface area contributed by atoms with Crippen LogP contribution in [0.15, 0.2) is 48.7 Å². The van der Waals surface area contributed by atoms with Crippen molar-refractivity contribution >= 4 is 28.4 Å². The molecule has 0 aliphatic heterocycles. The maximum Gasteiger partial charge on any atom is 0.418 e. The first kappa shape index (κ1) is 19.3. The molecule has 0 fully saturated rings. The lowest BCUT2D eigenvalue weighted by Crippen LogP contribution is -2.24. The van der Waals surface area contributed by atoms with Gasteiger partial charge < -0.3 is 10.6 Å². The molecule has 0 saturated carbocycles. The largest absolute Gasteiger partial charge is 0.418 e. The molecule has 1 aromatic carbocycles. The van der Waals surface area contributed by atoms with Crippen molar-refractivity contribution in [3.8, 4) is 0 Å². The molecule has 0 aliphatic carbocycles. The molecule has 0 unspecified atom stereocenters. The fraction of sp³-hybridized carbons (Fsp3) is 0.158. The molecule has 0 radical (unpaired) electrons. The molecule has 9 heteroatoms. The van der Waals surface area contributed by atoms with Gasteiger partial charge in [-0.15, -0.1) is 0 Å². The Hall–Kier alpha value is -3.49. The zero-order chi connectivity index (χ0) is 20.3. The molecule has 3 rings (SSSR count). The number of halogens is 3. The van der Waals surface area contributed by atoms with Crippen molar-refractivity contribution in [2.24, 2.45) is 0 Å². The van der Waals surface area contributed by atoms with E-state index in [9.17, 15) is 22.8 Å². The molecule has 0 bridgehead atoms. The SMILES string of the molecule is CC(=O)Nc1cc(C(F)(F)F)c2nc(C(=O)NCc3ccccn3)ccc2c1. The van der Waals surface area contributed by atoms with Gasteiger partial charge in [-0.2, -0.15) is 13.2 Å². The highest BCUT2D eigenvalue weighted by molar-refractivity contribution is 5.97. The quantitative estimate of drug-likeness (QED) is 0.716. The Morgan fingerprint density at radius 1 is 1.11 bits per heavy atom. The average Bonchev–Trinajstić information content (AvgIpc) is 2.64. The third kappa shape index (κ3) is 4.43. The second-order valence-electron chi connectivity index (χ2n) is 5.97. The van der Waals surface area contributed by atoms with Crippen LogP contribution in [-0.2, 0) is 17.5 Å². The van der Waals surface area contributed by atoms with Gasteiger partial charge in [0, 0.05) is 24.2 Å². The molecule has 0 aliphatic rings. The molecule has 2 N–H and O–H groups in total. The first-order valence-corrected chi connectivity index (χ1v) is 8.22. The lowest BCUT2D eigenvalue weighted by molar-refractivity contribution is -0.136. The number of fused-ring (bicyclic) bond motifs is 1. The first-order chi connectivity index (χ1) is 13.2. The number of benzene rings is 1. The van der Waals surface area contributed by atoms with E-state index in [-0.39, 0.29) is 28.8 Å². The number of alkyl halides is 3. The number of rotatable bonds is 4. The van der Waals surface area contributed by atoms with Crippen LogP contribution < -0.4 is 10.6 Å². The Kier molecular flexibility index (Phi) is 5.25. The van der Waals surface area contributed by atoms with E-state index in [0.29, 0.717) is 5.69 Å². The van der Waals surface area contributed by atoms with Crippen LogP contribution in [0.4, 0.5) is 18.9 Å². The lowest BCUT2D eigenvalue weighted by atomic mass is 10.1. The van der Waals surface area contributed by atoms with E-state index in [1.165, 1.54) is 25.1 Å². The van der Waals surface area contributed by atoms with E-state index in [2.05, 4.69) is 20.6 Å². The van der Waals surface area contributed by atoms with Crippen LogP contribution in [0.2, 0.25) is 0 Å². The van der Waals surface area contributed by atoms with Crippen LogP contribution >= 0.6 is 0 Å². The van der Waals surface area contributed by atoms with Crippen molar-refractivity contribution in [2.75, 3.05) is 5.32 Å². The van der Waals surface area contributed by atoms with E-state index >= 15 is 0 Å². The molecule has 0 spiro atoms. The Morgan fingerprint density at radius 2 is 1.89 bits per heavy atom. The summed E-state index contributed by atoms with van der Waals surface area (Å²) < 4.78 is 40.4. The topological polar surface area (TPSA) is 84.0 Å². The maximum atomic E-state index is 13.5. The second kappa shape index (κ2) is 7.63. The predicted octanol–water partition coefficient (Wildman–Crippen LogP) is 3.54. The Bertz CT molecular complexity index is 1040. The number of hydrogen-bond acceptors (Lipinski definition) is 4. The lowest BCUT2D eigenvalue weighted by Gasteiger charge is -2.13. The zero-order valence-electron chi connectivity index (χ0n) is 14.7. The van der Waals surface area contributed by atoms with Crippen molar-refractivity contribution < 1.29 is 22.8 Å². The second-order valence-corrected chi connectivity index (χ2v) is 5.97. The monoisotopic (exact) mass is 388 g/mol. The smallest absolute Gasteiger partial charge is 0.345 e. The number of anilines is 1. The fourth-order valence-corrected chi connectivity index (χ4v) is 2.62.